The molecule has 2 aromatic heterocycles. The molecule has 0 aliphatic heterocycles. The quantitative estimate of drug-likeness (QED) is 0.312. The van der Waals surface area contributed by atoms with Crippen LogP contribution in [0.3, 0.4) is 0 Å². The summed E-state index contributed by atoms with van der Waals surface area (Å²) in [5, 5.41) is 12.9. The fraction of sp³-hybridized carbons (Fsp3) is 0.485. The van der Waals surface area contributed by atoms with E-state index in [2.05, 4.69) is 38.2 Å². The van der Waals surface area contributed by atoms with Crippen LogP contribution in [0.4, 0.5) is 10.5 Å². The van der Waals surface area contributed by atoms with Crippen LogP contribution in [0.1, 0.15) is 86.1 Å². The number of anilines is 1. The number of carboxylic acid groups (broad SMARTS) is 1. The Morgan fingerprint density at radius 2 is 1.72 bits per heavy atom. The van der Waals surface area contributed by atoms with Crippen molar-refractivity contribution in [1.29, 1.82) is 0 Å². The predicted molar refractivity (Wildman–Crippen MR) is 169 cm³/mol. The molecule has 43 heavy (non-hydrogen) atoms. The van der Waals surface area contributed by atoms with E-state index in [-0.39, 0.29) is 30.1 Å². The van der Waals surface area contributed by atoms with Crippen LogP contribution in [-0.4, -0.2) is 61.1 Å². The number of hydrogen-bond acceptors (Lipinski definition) is 6. The van der Waals surface area contributed by atoms with E-state index < -0.39 is 11.6 Å². The molecule has 1 aliphatic rings. The molecule has 1 fully saturated rings. The lowest BCUT2D eigenvalue weighted by molar-refractivity contribution is 0.0545. The molecule has 1 saturated carbocycles. The number of benzene rings is 1. The summed E-state index contributed by atoms with van der Waals surface area (Å²) in [6, 6.07) is 5.96. The number of H-pyrrole nitrogens is 1. The van der Waals surface area contributed by atoms with E-state index >= 15 is 0 Å². The standard InChI is InChI=1S/C33H44N6O4/c1-8-38(24-9-11-25(12-10-24)39(32(42)43)33(5,6)7)29-17-23(28-19-34-13-14-35-28)16-26(22(29)4)30(40)36-18-27-20(2)15-21(3)37-31(27)41/h13-17,19,24-25H,8-12,18H2,1-7H3,(H,36,40)(H,37,41)(H,42,43)/t24-,25-. The molecule has 230 valence electrons. The number of hydrogen-bond donors (Lipinski definition) is 3. The smallest absolute Gasteiger partial charge is 0.407 e. The second-order valence-electron chi connectivity index (χ2n) is 12.5. The first-order valence-corrected chi connectivity index (χ1v) is 15.0. The molecule has 0 atom stereocenters. The fourth-order valence-electron chi connectivity index (χ4n) is 6.44. The highest BCUT2D eigenvalue weighted by molar-refractivity contribution is 5.98. The van der Waals surface area contributed by atoms with Crippen molar-refractivity contribution in [3.8, 4) is 11.3 Å². The van der Waals surface area contributed by atoms with Crippen LogP contribution < -0.4 is 15.8 Å². The van der Waals surface area contributed by atoms with Crippen LogP contribution in [0.5, 0.6) is 0 Å². The van der Waals surface area contributed by atoms with Crippen LogP contribution in [0, 0.1) is 20.8 Å². The first kappa shape index (κ1) is 31.7. The Balaban J connectivity index is 1.66. The van der Waals surface area contributed by atoms with E-state index in [4.69, 9.17) is 0 Å². The molecule has 2 heterocycles. The number of carbonyl (C=O) groups is 2. The maximum atomic E-state index is 13.7. The second kappa shape index (κ2) is 13.0. The average Bonchev–Trinajstić information content (AvgIpc) is 2.94. The van der Waals surface area contributed by atoms with Crippen molar-refractivity contribution in [1.82, 2.24) is 25.2 Å². The van der Waals surface area contributed by atoms with Crippen molar-refractivity contribution in [2.45, 2.75) is 98.3 Å². The van der Waals surface area contributed by atoms with Gasteiger partial charge in [-0.25, -0.2) is 4.79 Å². The summed E-state index contributed by atoms with van der Waals surface area (Å²) in [6.07, 6.45) is 7.26. The molecule has 2 amide bonds. The van der Waals surface area contributed by atoms with Crippen molar-refractivity contribution in [3.63, 3.8) is 0 Å². The first-order chi connectivity index (χ1) is 20.3. The zero-order valence-corrected chi connectivity index (χ0v) is 26.3. The van der Waals surface area contributed by atoms with E-state index in [1.165, 1.54) is 0 Å². The predicted octanol–water partition coefficient (Wildman–Crippen LogP) is 5.60. The van der Waals surface area contributed by atoms with Crippen LogP contribution in [-0.2, 0) is 6.54 Å². The molecule has 3 aromatic rings. The monoisotopic (exact) mass is 588 g/mol. The summed E-state index contributed by atoms with van der Waals surface area (Å²) in [6.45, 7) is 14.4. The van der Waals surface area contributed by atoms with E-state index in [0.29, 0.717) is 16.8 Å². The van der Waals surface area contributed by atoms with Gasteiger partial charge >= 0.3 is 6.09 Å². The van der Waals surface area contributed by atoms with E-state index in [9.17, 15) is 19.5 Å². The van der Waals surface area contributed by atoms with Gasteiger partial charge in [-0.3, -0.25) is 19.6 Å². The Hall–Kier alpha value is -4.21. The highest BCUT2D eigenvalue weighted by atomic mass is 16.4. The number of nitrogens with one attached hydrogen (secondary N) is 2. The van der Waals surface area contributed by atoms with Gasteiger partial charge < -0.3 is 25.2 Å². The number of nitrogens with zero attached hydrogens (tertiary/aromatic N) is 4. The maximum absolute atomic E-state index is 13.7. The Kier molecular flexibility index (Phi) is 9.57. The van der Waals surface area contributed by atoms with E-state index in [0.717, 1.165) is 60.3 Å². The summed E-state index contributed by atoms with van der Waals surface area (Å²) in [5.41, 5.74) is 5.18. The number of amides is 2. The largest absolute Gasteiger partial charge is 0.465 e. The molecule has 0 unspecified atom stereocenters. The van der Waals surface area contributed by atoms with Gasteiger partial charge in [0.25, 0.3) is 11.5 Å². The molecule has 0 bridgehead atoms. The summed E-state index contributed by atoms with van der Waals surface area (Å²) in [4.78, 5) is 53.8. The lowest BCUT2D eigenvalue weighted by Crippen LogP contribution is -2.53. The molecule has 0 saturated heterocycles. The third kappa shape index (κ3) is 7.06. The number of carbonyl (C=O) groups excluding carboxylic acids is 1. The van der Waals surface area contributed by atoms with Gasteiger partial charge in [0.1, 0.15) is 0 Å². The highest BCUT2D eigenvalue weighted by Gasteiger charge is 2.37. The molecule has 10 nitrogen and oxygen atoms in total. The molecule has 3 N–H and O–H groups in total. The first-order valence-electron chi connectivity index (χ1n) is 15.0. The summed E-state index contributed by atoms with van der Waals surface area (Å²) in [7, 11) is 0. The average molecular weight is 589 g/mol. The fourth-order valence-corrected chi connectivity index (χ4v) is 6.44. The third-order valence-corrected chi connectivity index (χ3v) is 8.45. The zero-order valence-electron chi connectivity index (χ0n) is 26.3. The van der Waals surface area contributed by atoms with Gasteiger partial charge in [0.2, 0.25) is 0 Å². The van der Waals surface area contributed by atoms with Gasteiger partial charge in [0.15, 0.2) is 0 Å². The van der Waals surface area contributed by atoms with Crippen LogP contribution >= 0.6 is 0 Å². The number of rotatable bonds is 8. The minimum absolute atomic E-state index is 0.0331. The third-order valence-electron chi connectivity index (χ3n) is 8.45. The number of pyridine rings is 1. The van der Waals surface area contributed by atoms with Gasteiger partial charge in [-0.1, -0.05) is 0 Å². The molecule has 1 aliphatic carbocycles. The molecule has 10 heteroatoms. The molecule has 0 radical (unpaired) electrons. The normalized spacial score (nSPS) is 16.9. The van der Waals surface area contributed by atoms with Crippen molar-refractivity contribution < 1.29 is 14.7 Å². The van der Waals surface area contributed by atoms with Crippen molar-refractivity contribution in [3.05, 3.63) is 75.1 Å². The lowest BCUT2D eigenvalue weighted by atomic mass is 9.86. The SMILES string of the molecule is CCN(c1cc(-c2cnccn2)cc(C(=O)NCc2c(C)cc(C)[nH]c2=O)c1C)[C@H]1CC[C@H](N(C(=O)O)C(C)(C)C)CC1. The van der Waals surface area contributed by atoms with Gasteiger partial charge in [0, 0.05) is 71.2 Å². The van der Waals surface area contributed by atoms with E-state index in [1.807, 2.05) is 53.7 Å². The number of aromatic amines is 1. The van der Waals surface area contributed by atoms with Gasteiger partial charge in [-0.05, 0) is 103 Å². The Morgan fingerprint density at radius 3 is 2.28 bits per heavy atom. The zero-order chi connectivity index (χ0) is 31.5. The van der Waals surface area contributed by atoms with Crippen LogP contribution in [0.25, 0.3) is 11.3 Å². The highest BCUT2D eigenvalue weighted by Crippen LogP contribution is 2.36. The van der Waals surface area contributed by atoms with Crippen LogP contribution in [0.2, 0.25) is 0 Å². The Bertz CT molecular complexity index is 1520. The second-order valence-corrected chi connectivity index (χ2v) is 12.5. The van der Waals surface area contributed by atoms with Crippen LogP contribution in [0.15, 0.2) is 41.6 Å². The summed E-state index contributed by atoms with van der Waals surface area (Å²) in [5.74, 6) is -0.272. The number of aromatic nitrogens is 3. The molecule has 1 aromatic carbocycles. The van der Waals surface area contributed by atoms with Gasteiger partial charge in [-0.15, -0.1) is 0 Å². The van der Waals surface area contributed by atoms with Gasteiger partial charge in [-0.2, -0.15) is 0 Å². The Morgan fingerprint density at radius 1 is 1.05 bits per heavy atom. The minimum atomic E-state index is -0.880. The molecule has 4 rings (SSSR count). The maximum Gasteiger partial charge on any atom is 0.407 e. The van der Waals surface area contributed by atoms with Crippen molar-refractivity contribution >= 4 is 17.7 Å². The van der Waals surface area contributed by atoms with Crippen molar-refractivity contribution in [2.24, 2.45) is 0 Å². The van der Waals surface area contributed by atoms with Crippen molar-refractivity contribution in [2.75, 3.05) is 11.4 Å². The molecular weight excluding hydrogens is 544 g/mol. The molecular formula is C33H44N6O4. The Labute approximate surface area is 253 Å². The summed E-state index contributed by atoms with van der Waals surface area (Å²) < 4.78 is 0. The lowest BCUT2D eigenvalue weighted by Gasteiger charge is -2.45. The minimum Gasteiger partial charge on any atom is -0.465 e. The molecule has 0 spiro atoms. The number of aryl methyl sites for hydroxylation is 2. The van der Waals surface area contributed by atoms with Gasteiger partial charge in [0.05, 0.1) is 11.9 Å². The van der Waals surface area contributed by atoms with E-state index in [1.54, 1.807) is 23.5 Å². The topological polar surface area (TPSA) is 132 Å². The summed E-state index contributed by atoms with van der Waals surface area (Å²) >= 11 is 0.